The number of benzene rings is 2. The molecule has 1 aliphatic rings. The van der Waals surface area contributed by atoms with Crippen LogP contribution in [0.25, 0.3) is 0 Å². The van der Waals surface area contributed by atoms with Gasteiger partial charge in [-0.25, -0.2) is 9.38 Å². The van der Waals surface area contributed by atoms with Gasteiger partial charge in [-0.1, -0.05) is 6.92 Å². The van der Waals surface area contributed by atoms with Crippen molar-refractivity contribution in [1.29, 1.82) is 0 Å². The highest BCUT2D eigenvalue weighted by Gasteiger charge is 2.23. The van der Waals surface area contributed by atoms with Crippen molar-refractivity contribution in [2.45, 2.75) is 13.8 Å². The fraction of sp³-hybridized carbons (Fsp3) is 0.350. The molecule has 0 saturated heterocycles. The summed E-state index contributed by atoms with van der Waals surface area (Å²) >= 11 is 0. The van der Waals surface area contributed by atoms with Crippen molar-refractivity contribution in [3.63, 3.8) is 0 Å². The number of rotatable bonds is 6. The normalized spacial score (nSPS) is 12.4. The Kier molecular flexibility index (Phi) is 5.73. The van der Waals surface area contributed by atoms with Gasteiger partial charge in [-0.2, -0.15) is 0 Å². The van der Waals surface area contributed by atoms with Crippen LogP contribution < -0.4 is 14.8 Å². The molecule has 0 fully saturated rings. The average molecular weight is 357 g/mol. The van der Waals surface area contributed by atoms with Crippen LogP contribution in [-0.4, -0.2) is 44.0 Å². The van der Waals surface area contributed by atoms with Crippen LogP contribution in [0.15, 0.2) is 41.4 Å². The van der Waals surface area contributed by atoms with Crippen LogP contribution in [0.1, 0.15) is 19.4 Å². The zero-order valence-electron chi connectivity index (χ0n) is 15.4. The largest absolute Gasteiger partial charge is 0.497 e. The van der Waals surface area contributed by atoms with Gasteiger partial charge in [-0.15, -0.1) is 0 Å². The molecule has 1 N–H and O–H groups in total. The summed E-state index contributed by atoms with van der Waals surface area (Å²) in [7, 11) is 1.62. The SMILES string of the molecule is CCNCCN(CC)C1=Nc2cc(F)ccc2Oc2cc(OC)ccc21. The van der Waals surface area contributed by atoms with Gasteiger partial charge in [-0.3, -0.25) is 0 Å². The summed E-state index contributed by atoms with van der Waals surface area (Å²) in [5.41, 5.74) is 1.35. The number of ether oxygens (including phenoxy) is 2. The van der Waals surface area contributed by atoms with Gasteiger partial charge in [0.2, 0.25) is 0 Å². The Balaban J connectivity index is 2.09. The number of aliphatic imine (C=N–C) groups is 1. The summed E-state index contributed by atoms with van der Waals surface area (Å²) in [6.07, 6.45) is 0. The molecule has 0 unspecified atom stereocenters. The van der Waals surface area contributed by atoms with E-state index in [2.05, 4.69) is 24.1 Å². The quantitative estimate of drug-likeness (QED) is 0.795. The molecule has 2 aromatic carbocycles. The average Bonchev–Trinajstić information content (AvgIpc) is 2.81. The summed E-state index contributed by atoms with van der Waals surface area (Å²) in [5.74, 6) is 2.31. The maximum atomic E-state index is 13.8. The van der Waals surface area contributed by atoms with E-state index in [0.717, 1.165) is 37.6 Å². The Morgan fingerprint density at radius 1 is 1.15 bits per heavy atom. The number of nitrogens with zero attached hydrogens (tertiary/aromatic N) is 2. The first-order valence-corrected chi connectivity index (χ1v) is 8.86. The van der Waals surface area contributed by atoms with Crippen LogP contribution in [0.4, 0.5) is 10.1 Å². The summed E-state index contributed by atoms with van der Waals surface area (Å²) < 4.78 is 25.1. The summed E-state index contributed by atoms with van der Waals surface area (Å²) in [4.78, 5) is 6.92. The van der Waals surface area contributed by atoms with E-state index in [1.54, 1.807) is 13.2 Å². The number of hydrogen-bond acceptors (Lipinski definition) is 5. The molecule has 1 aliphatic heterocycles. The van der Waals surface area contributed by atoms with Crippen molar-refractivity contribution in [1.82, 2.24) is 10.2 Å². The van der Waals surface area contributed by atoms with Gasteiger partial charge in [-0.05, 0) is 37.7 Å². The molecule has 0 atom stereocenters. The predicted molar refractivity (Wildman–Crippen MR) is 101 cm³/mol. The standard InChI is InChI=1S/C20H24FN3O2/c1-4-22-10-11-24(5-2)20-16-8-7-15(25-3)13-19(16)26-18-9-6-14(21)12-17(18)23-20/h6-9,12-13,22H,4-5,10-11H2,1-3H3. The molecule has 138 valence electrons. The number of nitrogens with one attached hydrogen (secondary N) is 1. The van der Waals surface area contributed by atoms with E-state index >= 15 is 0 Å². The van der Waals surface area contributed by atoms with E-state index in [0.29, 0.717) is 22.9 Å². The van der Waals surface area contributed by atoms with Gasteiger partial charge in [0, 0.05) is 31.8 Å². The molecule has 5 nitrogen and oxygen atoms in total. The number of halogens is 1. The minimum atomic E-state index is -0.338. The zero-order chi connectivity index (χ0) is 18.5. The first-order valence-electron chi connectivity index (χ1n) is 8.86. The number of amidine groups is 1. The molecule has 1 heterocycles. The molecular weight excluding hydrogens is 333 g/mol. The lowest BCUT2D eigenvalue weighted by Crippen LogP contribution is -2.37. The van der Waals surface area contributed by atoms with Crippen molar-refractivity contribution < 1.29 is 13.9 Å². The molecule has 0 saturated carbocycles. The number of hydrogen-bond donors (Lipinski definition) is 1. The van der Waals surface area contributed by atoms with Gasteiger partial charge < -0.3 is 19.7 Å². The summed E-state index contributed by atoms with van der Waals surface area (Å²) in [5, 5.41) is 3.33. The van der Waals surface area contributed by atoms with Gasteiger partial charge >= 0.3 is 0 Å². The second-order valence-electron chi connectivity index (χ2n) is 5.94. The highest BCUT2D eigenvalue weighted by atomic mass is 19.1. The minimum Gasteiger partial charge on any atom is -0.497 e. The van der Waals surface area contributed by atoms with Crippen LogP contribution in [0.5, 0.6) is 17.2 Å². The molecule has 26 heavy (non-hydrogen) atoms. The smallest absolute Gasteiger partial charge is 0.153 e. The lowest BCUT2D eigenvalue weighted by Gasteiger charge is -2.25. The molecule has 0 aromatic heterocycles. The van der Waals surface area contributed by atoms with Gasteiger partial charge in [0.25, 0.3) is 0 Å². The maximum Gasteiger partial charge on any atom is 0.153 e. The summed E-state index contributed by atoms with van der Waals surface area (Å²) in [6, 6.07) is 10.0. The molecule has 3 rings (SSSR count). The lowest BCUT2D eigenvalue weighted by atomic mass is 10.1. The maximum absolute atomic E-state index is 13.8. The van der Waals surface area contributed by atoms with Crippen molar-refractivity contribution in [3.05, 3.63) is 47.8 Å². The fourth-order valence-corrected chi connectivity index (χ4v) is 2.90. The Bertz CT molecular complexity index is 808. The first-order chi connectivity index (χ1) is 12.7. The Hall–Kier alpha value is -2.60. The molecular formula is C20H24FN3O2. The van der Waals surface area contributed by atoms with E-state index in [1.807, 2.05) is 18.2 Å². The molecule has 0 amide bonds. The zero-order valence-corrected chi connectivity index (χ0v) is 15.4. The van der Waals surface area contributed by atoms with E-state index in [9.17, 15) is 4.39 Å². The van der Waals surface area contributed by atoms with E-state index in [1.165, 1.54) is 12.1 Å². The Morgan fingerprint density at radius 3 is 2.73 bits per heavy atom. The third kappa shape index (κ3) is 3.80. The van der Waals surface area contributed by atoms with E-state index < -0.39 is 0 Å². The van der Waals surface area contributed by atoms with Crippen molar-refractivity contribution in [2.75, 3.05) is 33.3 Å². The fourth-order valence-electron chi connectivity index (χ4n) is 2.90. The van der Waals surface area contributed by atoms with Gasteiger partial charge in [0.15, 0.2) is 5.75 Å². The number of methoxy groups -OCH3 is 1. The topological polar surface area (TPSA) is 46.1 Å². The van der Waals surface area contributed by atoms with E-state index in [-0.39, 0.29) is 5.82 Å². The lowest BCUT2D eigenvalue weighted by molar-refractivity contribution is 0.408. The van der Waals surface area contributed by atoms with Crippen molar-refractivity contribution >= 4 is 11.5 Å². The Labute approximate surface area is 153 Å². The minimum absolute atomic E-state index is 0.338. The van der Waals surface area contributed by atoms with Crippen LogP contribution in [0, 0.1) is 5.82 Å². The van der Waals surface area contributed by atoms with Crippen LogP contribution in [-0.2, 0) is 0 Å². The predicted octanol–water partition coefficient (Wildman–Crippen LogP) is 3.95. The number of likely N-dealkylation sites (N-methyl/N-ethyl adjacent to an activating group) is 2. The summed E-state index contributed by atoms with van der Waals surface area (Å²) in [6.45, 7) is 7.48. The number of fused-ring (bicyclic) bond motifs is 2. The molecule has 0 aliphatic carbocycles. The van der Waals surface area contributed by atoms with E-state index in [4.69, 9.17) is 14.5 Å². The van der Waals surface area contributed by atoms with Gasteiger partial charge in [0.05, 0.1) is 12.7 Å². The van der Waals surface area contributed by atoms with Crippen LogP contribution >= 0.6 is 0 Å². The monoisotopic (exact) mass is 357 g/mol. The molecule has 0 radical (unpaired) electrons. The third-order valence-corrected chi connectivity index (χ3v) is 4.29. The second kappa shape index (κ2) is 8.19. The highest BCUT2D eigenvalue weighted by Crippen LogP contribution is 2.39. The van der Waals surface area contributed by atoms with Crippen LogP contribution in [0.2, 0.25) is 0 Å². The van der Waals surface area contributed by atoms with Crippen LogP contribution in [0.3, 0.4) is 0 Å². The third-order valence-electron chi connectivity index (χ3n) is 4.29. The highest BCUT2D eigenvalue weighted by molar-refractivity contribution is 6.03. The second-order valence-corrected chi connectivity index (χ2v) is 5.94. The van der Waals surface area contributed by atoms with Gasteiger partial charge in [0.1, 0.15) is 28.8 Å². The molecule has 0 bridgehead atoms. The molecule has 0 spiro atoms. The molecule has 6 heteroatoms. The molecule has 2 aromatic rings. The first kappa shape index (κ1) is 18.2. The Morgan fingerprint density at radius 2 is 2.00 bits per heavy atom. The van der Waals surface area contributed by atoms with Crippen molar-refractivity contribution in [2.24, 2.45) is 4.99 Å². The van der Waals surface area contributed by atoms with Crippen molar-refractivity contribution in [3.8, 4) is 17.2 Å².